The first-order valence-corrected chi connectivity index (χ1v) is 11.4. The minimum Gasteiger partial charge on any atom is -0.325 e. The highest BCUT2D eigenvalue weighted by Gasteiger charge is 2.26. The van der Waals surface area contributed by atoms with Crippen LogP contribution in [0.5, 0.6) is 0 Å². The maximum Gasteiger partial charge on any atom is 0.258 e. The maximum absolute atomic E-state index is 13.0. The quantitative estimate of drug-likeness (QED) is 0.521. The van der Waals surface area contributed by atoms with E-state index in [1.165, 1.54) is 17.8 Å². The zero-order chi connectivity index (χ0) is 23.2. The van der Waals surface area contributed by atoms with Crippen LogP contribution < -0.4 is 10.6 Å². The Morgan fingerprint density at radius 2 is 1.70 bits per heavy atom. The molecule has 1 saturated heterocycles. The fourth-order valence-electron chi connectivity index (χ4n) is 3.78. The smallest absolute Gasteiger partial charge is 0.258 e. The number of nitrogens with one attached hydrogen (secondary N) is 2. The largest absolute Gasteiger partial charge is 0.325 e. The van der Waals surface area contributed by atoms with Crippen molar-refractivity contribution in [3.8, 4) is 0 Å². The Hall–Kier alpha value is -3.00. The van der Waals surface area contributed by atoms with E-state index >= 15 is 0 Å². The van der Waals surface area contributed by atoms with Crippen LogP contribution in [0.15, 0.2) is 61.1 Å². The number of amides is 2. The Morgan fingerprint density at radius 1 is 0.970 bits per heavy atom. The summed E-state index contributed by atoms with van der Waals surface area (Å²) >= 11 is 12.0. The summed E-state index contributed by atoms with van der Waals surface area (Å²) in [5.41, 5.74) is 1.89. The SMILES string of the molecule is O=C(Nc1ccc(Cl)cn1)c1cc(Cl)ccc1NC(=O)C1CCN(Cc2ccncc2)CC1. The Balaban J connectivity index is 1.38. The number of likely N-dealkylation sites (tertiary alicyclic amines) is 1. The lowest BCUT2D eigenvalue weighted by Crippen LogP contribution is -2.38. The molecule has 0 saturated carbocycles. The van der Waals surface area contributed by atoms with Crippen molar-refractivity contribution in [1.29, 1.82) is 0 Å². The molecular weight excluding hydrogens is 461 g/mol. The van der Waals surface area contributed by atoms with Crippen LogP contribution >= 0.6 is 23.2 Å². The molecule has 0 spiro atoms. The topological polar surface area (TPSA) is 87.2 Å². The van der Waals surface area contributed by atoms with Gasteiger partial charge in [0, 0.05) is 36.1 Å². The summed E-state index contributed by atoms with van der Waals surface area (Å²) in [4.78, 5) is 36.3. The number of benzene rings is 1. The van der Waals surface area contributed by atoms with Gasteiger partial charge >= 0.3 is 0 Å². The van der Waals surface area contributed by atoms with Crippen LogP contribution in [0.2, 0.25) is 10.0 Å². The van der Waals surface area contributed by atoms with Crippen LogP contribution in [0.3, 0.4) is 0 Å². The number of carbonyl (C=O) groups is 2. The van der Waals surface area contributed by atoms with Gasteiger partial charge in [-0.25, -0.2) is 4.98 Å². The van der Waals surface area contributed by atoms with Crippen LogP contribution in [0.25, 0.3) is 0 Å². The minimum absolute atomic E-state index is 0.0976. The third-order valence-corrected chi connectivity index (χ3v) is 6.03. The zero-order valence-electron chi connectivity index (χ0n) is 17.8. The molecular formula is C24H23Cl2N5O2. The van der Waals surface area contributed by atoms with Gasteiger partial charge in [-0.2, -0.15) is 0 Å². The molecule has 0 bridgehead atoms. The Labute approximate surface area is 202 Å². The van der Waals surface area contributed by atoms with E-state index in [0.29, 0.717) is 21.6 Å². The molecule has 170 valence electrons. The van der Waals surface area contributed by atoms with Crippen LogP contribution in [0.4, 0.5) is 11.5 Å². The summed E-state index contributed by atoms with van der Waals surface area (Å²) in [7, 11) is 0. The number of pyridine rings is 2. The summed E-state index contributed by atoms with van der Waals surface area (Å²) in [6, 6.07) is 12.1. The number of piperidine rings is 1. The first-order chi connectivity index (χ1) is 16.0. The Bertz CT molecular complexity index is 1120. The summed E-state index contributed by atoms with van der Waals surface area (Å²) in [5.74, 6) is -0.291. The molecule has 33 heavy (non-hydrogen) atoms. The van der Waals surface area contributed by atoms with Crippen molar-refractivity contribution < 1.29 is 9.59 Å². The van der Waals surface area contributed by atoms with E-state index < -0.39 is 5.91 Å². The average Bonchev–Trinajstić information content (AvgIpc) is 2.83. The Kier molecular flexibility index (Phi) is 7.54. The van der Waals surface area contributed by atoms with Crippen molar-refractivity contribution in [2.24, 2.45) is 5.92 Å². The van der Waals surface area contributed by atoms with E-state index in [1.54, 1.807) is 36.7 Å². The number of halogens is 2. The predicted octanol–water partition coefficient (Wildman–Crippen LogP) is 4.89. The zero-order valence-corrected chi connectivity index (χ0v) is 19.3. The van der Waals surface area contributed by atoms with Gasteiger partial charge in [-0.3, -0.25) is 19.5 Å². The monoisotopic (exact) mass is 483 g/mol. The molecule has 0 aliphatic carbocycles. The molecule has 4 rings (SSSR count). The van der Waals surface area contributed by atoms with E-state index in [9.17, 15) is 9.59 Å². The van der Waals surface area contributed by atoms with E-state index in [1.807, 2.05) is 12.1 Å². The van der Waals surface area contributed by atoms with Gasteiger partial charge in [0.25, 0.3) is 5.91 Å². The van der Waals surface area contributed by atoms with Gasteiger partial charge in [-0.05, 0) is 74.0 Å². The van der Waals surface area contributed by atoms with Gasteiger partial charge in [0.15, 0.2) is 0 Å². The lowest BCUT2D eigenvalue weighted by Gasteiger charge is -2.31. The number of anilines is 2. The Morgan fingerprint density at radius 3 is 2.39 bits per heavy atom. The van der Waals surface area contributed by atoms with Crippen molar-refractivity contribution >= 4 is 46.5 Å². The third-order valence-electron chi connectivity index (χ3n) is 5.57. The second kappa shape index (κ2) is 10.7. The maximum atomic E-state index is 13.0. The highest BCUT2D eigenvalue weighted by molar-refractivity contribution is 6.31. The number of nitrogens with zero attached hydrogens (tertiary/aromatic N) is 3. The lowest BCUT2D eigenvalue weighted by molar-refractivity contribution is -0.121. The second-order valence-corrected chi connectivity index (χ2v) is 8.77. The molecule has 1 aromatic carbocycles. The molecule has 7 nitrogen and oxygen atoms in total. The first kappa shape index (κ1) is 23.2. The van der Waals surface area contributed by atoms with Crippen molar-refractivity contribution in [3.05, 3.63) is 82.2 Å². The van der Waals surface area contributed by atoms with Gasteiger partial charge in [0.05, 0.1) is 16.3 Å². The number of hydrogen-bond acceptors (Lipinski definition) is 5. The van der Waals surface area contributed by atoms with Gasteiger partial charge in [0.2, 0.25) is 5.91 Å². The van der Waals surface area contributed by atoms with Gasteiger partial charge in [-0.15, -0.1) is 0 Å². The van der Waals surface area contributed by atoms with Crippen LogP contribution in [0.1, 0.15) is 28.8 Å². The van der Waals surface area contributed by atoms with Crippen LogP contribution in [-0.2, 0) is 11.3 Å². The molecule has 2 amide bonds. The van der Waals surface area contributed by atoms with Gasteiger partial charge < -0.3 is 10.6 Å². The van der Waals surface area contributed by atoms with Gasteiger partial charge in [-0.1, -0.05) is 23.2 Å². The molecule has 0 radical (unpaired) electrons. The normalized spacial score (nSPS) is 14.6. The molecule has 0 atom stereocenters. The molecule has 1 aliphatic rings. The number of rotatable bonds is 6. The van der Waals surface area contributed by atoms with E-state index in [-0.39, 0.29) is 17.4 Å². The summed E-state index contributed by atoms with van der Waals surface area (Å²) in [5, 5.41) is 6.49. The number of hydrogen-bond donors (Lipinski definition) is 2. The van der Waals surface area contributed by atoms with E-state index in [4.69, 9.17) is 23.2 Å². The molecule has 0 unspecified atom stereocenters. The number of aromatic nitrogens is 2. The highest BCUT2D eigenvalue weighted by atomic mass is 35.5. The molecule has 2 aromatic heterocycles. The summed E-state index contributed by atoms with van der Waals surface area (Å²) in [6.45, 7) is 2.50. The lowest BCUT2D eigenvalue weighted by atomic mass is 9.95. The molecule has 3 heterocycles. The average molecular weight is 484 g/mol. The summed E-state index contributed by atoms with van der Waals surface area (Å²) < 4.78 is 0. The highest BCUT2D eigenvalue weighted by Crippen LogP contribution is 2.25. The van der Waals surface area contributed by atoms with Crippen molar-refractivity contribution in [1.82, 2.24) is 14.9 Å². The van der Waals surface area contributed by atoms with Crippen molar-refractivity contribution in [2.75, 3.05) is 23.7 Å². The van der Waals surface area contributed by atoms with E-state index in [0.717, 1.165) is 32.5 Å². The molecule has 1 fully saturated rings. The summed E-state index contributed by atoms with van der Waals surface area (Å²) in [6.07, 6.45) is 6.52. The second-order valence-electron chi connectivity index (χ2n) is 7.90. The fraction of sp³-hybridized carbons (Fsp3) is 0.250. The standard InChI is InChI=1S/C24H23Cl2N5O2/c25-18-1-3-21(20(13-18)24(33)30-22-4-2-19(26)14-28-22)29-23(32)17-7-11-31(12-8-17)15-16-5-9-27-10-6-16/h1-6,9-10,13-14,17H,7-8,11-12,15H2,(H,29,32)(H,28,30,33). The predicted molar refractivity (Wildman–Crippen MR) is 130 cm³/mol. The minimum atomic E-state index is -0.421. The molecule has 9 heteroatoms. The van der Waals surface area contributed by atoms with E-state index in [2.05, 4.69) is 25.5 Å². The number of carbonyl (C=O) groups excluding carboxylic acids is 2. The van der Waals surface area contributed by atoms with Crippen molar-refractivity contribution in [3.63, 3.8) is 0 Å². The first-order valence-electron chi connectivity index (χ1n) is 10.6. The molecule has 2 N–H and O–H groups in total. The fourth-order valence-corrected chi connectivity index (χ4v) is 4.07. The third kappa shape index (κ3) is 6.28. The molecule has 3 aromatic rings. The van der Waals surface area contributed by atoms with Gasteiger partial charge in [0.1, 0.15) is 5.82 Å². The molecule has 1 aliphatic heterocycles. The van der Waals surface area contributed by atoms with Crippen molar-refractivity contribution in [2.45, 2.75) is 19.4 Å². The van der Waals surface area contributed by atoms with Crippen LogP contribution in [0, 0.1) is 5.92 Å². The van der Waals surface area contributed by atoms with Crippen LogP contribution in [-0.4, -0.2) is 39.8 Å².